The van der Waals surface area contributed by atoms with Crippen LogP contribution >= 0.6 is 0 Å². The number of nitrogens with one attached hydrogen (secondary N) is 1. The van der Waals surface area contributed by atoms with Gasteiger partial charge in [-0.25, -0.2) is 9.37 Å². The smallest absolute Gasteiger partial charge is 0.229 e. The summed E-state index contributed by atoms with van der Waals surface area (Å²) in [6.45, 7) is 0.130. The zero-order valence-corrected chi connectivity index (χ0v) is 18.5. The molecular formula is C27H25FN4O2. The third-order valence-corrected chi connectivity index (χ3v) is 5.57. The standard InChI is InChI=1S/C27H25FN4O2/c28-22-10-4-6-18(14-22)11-13-31-27-25(24(26(29)34)20-9-5-12-30-16-20)21(17-33)15-23(32-27)19-7-2-1-3-8-19/h1-10,12,14-16,24,33H,11,13,17H2,(H2,29,34)(H,31,32). The molecule has 4 rings (SSSR count). The molecule has 0 saturated carbocycles. The number of aromatic nitrogens is 2. The van der Waals surface area contributed by atoms with Gasteiger partial charge >= 0.3 is 0 Å². The van der Waals surface area contributed by atoms with Crippen LogP contribution in [-0.2, 0) is 17.8 Å². The highest BCUT2D eigenvalue weighted by atomic mass is 19.1. The van der Waals surface area contributed by atoms with Crippen LogP contribution in [0.2, 0.25) is 0 Å². The van der Waals surface area contributed by atoms with E-state index in [0.29, 0.717) is 41.2 Å². The number of pyridine rings is 2. The number of halogens is 1. The van der Waals surface area contributed by atoms with E-state index in [1.165, 1.54) is 12.1 Å². The molecule has 7 heteroatoms. The van der Waals surface area contributed by atoms with E-state index in [4.69, 9.17) is 10.7 Å². The Hall–Kier alpha value is -4.10. The van der Waals surface area contributed by atoms with E-state index >= 15 is 0 Å². The van der Waals surface area contributed by atoms with Crippen LogP contribution in [0.3, 0.4) is 0 Å². The SMILES string of the molecule is NC(=O)C(c1cccnc1)c1c(CO)cc(-c2ccccc2)nc1NCCc1cccc(F)c1. The average molecular weight is 457 g/mol. The van der Waals surface area contributed by atoms with Gasteiger partial charge in [0.2, 0.25) is 5.91 Å². The summed E-state index contributed by atoms with van der Waals surface area (Å²) in [6, 6.07) is 21.2. The maximum Gasteiger partial charge on any atom is 0.229 e. The lowest BCUT2D eigenvalue weighted by Gasteiger charge is -2.22. The van der Waals surface area contributed by atoms with E-state index in [0.717, 1.165) is 11.1 Å². The maximum atomic E-state index is 13.6. The Bertz CT molecular complexity index is 1270. The topological polar surface area (TPSA) is 101 Å². The fourth-order valence-corrected chi connectivity index (χ4v) is 3.99. The summed E-state index contributed by atoms with van der Waals surface area (Å²) in [5.74, 6) is -1.29. The van der Waals surface area contributed by atoms with E-state index in [-0.39, 0.29) is 12.4 Å². The van der Waals surface area contributed by atoms with E-state index in [1.807, 2.05) is 36.4 Å². The lowest BCUT2D eigenvalue weighted by atomic mass is 9.88. The monoisotopic (exact) mass is 456 g/mol. The summed E-state index contributed by atoms with van der Waals surface area (Å²) < 4.78 is 13.6. The summed E-state index contributed by atoms with van der Waals surface area (Å²) >= 11 is 0. The first-order valence-electron chi connectivity index (χ1n) is 10.9. The Morgan fingerprint density at radius 1 is 1.06 bits per heavy atom. The van der Waals surface area contributed by atoms with E-state index in [1.54, 1.807) is 36.7 Å². The minimum Gasteiger partial charge on any atom is -0.392 e. The molecule has 4 N–H and O–H groups in total. The minimum absolute atomic E-state index is 0.296. The van der Waals surface area contributed by atoms with Crippen LogP contribution in [-0.4, -0.2) is 27.5 Å². The molecule has 0 fully saturated rings. The van der Waals surface area contributed by atoms with Gasteiger partial charge in [-0.15, -0.1) is 0 Å². The summed E-state index contributed by atoms with van der Waals surface area (Å²) in [5, 5.41) is 13.6. The van der Waals surface area contributed by atoms with Crippen molar-refractivity contribution in [1.82, 2.24) is 9.97 Å². The highest BCUT2D eigenvalue weighted by Gasteiger charge is 2.28. The van der Waals surface area contributed by atoms with E-state index < -0.39 is 11.8 Å². The van der Waals surface area contributed by atoms with Gasteiger partial charge in [0.1, 0.15) is 11.6 Å². The van der Waals surface area contributed by atoms with Crippen LogP contribution in [0.1, 0.15) is 28.2 Å². The highest BCUT2D eigenvalue weighted by molar-refractivity contribution is 5.88. The van der Waals surface area contributed by atoms with Crippen molar-refractivity contribution < 1.29 is 14.3 Å². The van der Waals surface area contributed by atoms with E-state index in [2.05, 4.69) is 10.3 Å². The minimum atomic E-state index is -0.857. The molecule has 34 heavy (non-hydrogen) atoms. The number of hydrogen-bond acceptors (Lipinski definition) is 5. The number of rotatable bonds is 9. The van der Waals surface area contributed by atoms with Crippen LogP contribution < -0.4 is 11.1 Å². The van der Waals surface area contributed by atoms with Crippen LogP contribution in [0.4, 0.5) is 10.2 Å². The Balaban J connectivity index is 1.78. The van der Waals surface area contributed by atoms with Gasteiger partial charge in [0.25, 0.3) is 0 Å². The van der Waals surface area contributed by atoms with Crippen molar-refractivity contribution in [2.75, 3.05) is 11.9 Å². The fourth-order valence-electron chi connectivity index (χ4n) is 3.99. The van der Waals surface area contributed by atoms with Crippen molar-refractivity contribution in [1.29, 1.82) is 0 Å². The number of amides is 1. The summed E-state index contributed by atoms with van der Waals surface area (Å²) in [4.78, 5) is 21.6. The van der Waals surface area contributed by atoms with Gasteiger partial charge in [-0.2, -0.15) is 0 Å². The normalized spacial score (nSPS) is 11.7. The van der Waals surface area contributed by atoms with Gasteiger partial charge in [0, 0.05) is 30.1 Å². The molecule has 2 aromatic heterocycles. The molecular weight excluding hydrogens is 431 g/mol. The third-order valence-electron chi connectivity index (χ3n) is 5.57. The molecule has 1 atom stereocenters. The number of anilines is 1. The summed E-state index contributed by atoms with van der Waals surface area (Å²) in [7, 11) is 0. The van der Waals surface area contributed by atoms with E-state index in [9.17, 15) is 14.3 Å². The Morgan fingerprint density at radius 3 is 2.56 bits per heavy atom. The molecule has 2 aromatic carbocycles. The Labute approximate surface area is 197 Å². The zero-order chi connectivity index (χ0) is 23.9. The molecule has 0 aliphatic carbocycles. The predicted octanol–water partition coefficient (Wildman–Crippen LogP) is 4.05. The number of nitrogens with zero attached hydrogens (tertiary/aromatic N) is 2. The molecule has 172 valence electrons. The molecule has 0 aliphatic rings. The first kappa shape index (κ1) is 23.1. The number of carbonyl (C=O) groups excluding carboxylic acids is 1. The van der Waals surface area contributed by atoms with Gasteiger partial charge in [0.15, 0.2) is 0 Å². The lowest BCUT2D eigenvalue weighted by molar-refractivity contribution is -0.118. The van der Waals surface area contributed by atoms with Crippen molar-refractivity contribution in [3.05, 3.63) is 113 Å². The zero-order valence-electron chi connectivity index (χ0n) is 18.5. The number of primary amides is 1. The first-order valence-corrected chi connectivity index (χ1v) is 10.9. The van der Waals surface area contributed by atoms with Gasteiger partial charge in [-0.05, 0) is 47.4 Å². The summed E-state index contributed by atoms with van der Waals surface area (Å²) in [6.07, 6.45) is 3.73. The second-order valence-corrected chi connectivity index (χ2v) is 7.88. The quantitative estimate of drug-likeness (QED) is 0.353. The molecule has 0 bridgehead atoms. The number of nitrogens with two attached hydrogens (primary N) is 1. The first-order chi connectivity index (χ1) is 16.6. The van der Waals surface area contributed by atoms with Crippen LogP contribution in [0.5, 0.6) is 0 Å². The van der Waals surface area contributed by atoms with Crippen molar-refractivity contribution >= 4 is 11.7 Å². The second kappa shape index (κ2) is 10.7. The fraction of sp³-hybridized carbons (Fsp3) is 0.148. The Morgan fingerprint density at radius 2 is 1.88 bits per heavy atom. The molecule has 4 aromatic rings. The number of hydrogen-bond donors (Lipinski definition) is 3. The van der Waals surface area contributed by atoms with Crippen LogP contribution in [0.25, 0.3) is 11.3 Å². The molecule has 6 nitrogen and oxygen atoms in total. The molecule has 0 aliphatic heterocycles. The molecule has 0 saturated heterocycles. The van der Waals surface area contributed by atoms with Gasteiger partial charge in [-0.1, -0.05) is 48.5 Å². The molecule has 1 amide bonds. The van der Waals surface area contributed by atoms with Crippen LogP contribution in [0.15, 0.2) is 85.2 Å². The summed E-state index contributed by atoms with van der Waals surface area (Å²) in [5.41, 5.74) is 9.82. The lowest BCUT2D eigenvalue weighted by Crippen LogP contribution is -2.25. The van der Waals surface area contributed by atoms with Gasteiger partial charge in [0.05, 0.1) is 18.2 Å². The molecule has 0 spiro atoms. The van der Waals surface area contributed by atoms with Crippen molar-refractivity contribution in [2.45, 2.75) is 18.9 Å². The number of aliphatic hydroxyl groups is 1. The predicted molar refractivity (Wildman–Crippen MR) is 129 cm³/mol. The second-order valence-electron chi connectivity index (χ2n) is 7.88. The average Bonchev–Trinajstić information content (AvgIpc) is 2.86. The molecule has 0 radical (unpaired) electrons. The molecule has 1 unspecified atom stereocenters. The maximum absolute atomic E-state index is 13.6. The Kier molecular flexibility index (Phi) is 7.25. The van der Waals surface area contributed by atoms with Crippen LogP contribution in [0, 0.1) is 5.82 Å². The largest absolute Gasteiger partial charge is 0.392 e. The third kappa shape index (κ3) is 5.27. The van der Waals surface area contributed by atoms with Crippen molar-refractivity contribution in [3.63, 3.8) is 0 Å². The highest BCUT2D eigenvalue weighted by Crippen LogP contribution is 2.35. The van der Waals surface area contributed by atoms with Crippen molar-refractivity contribution in [2.24, 2.45) is 5.73 Å². The number of benzene rings is 2. The molecule has 2 heterocycles. The number of aliphatic hydroxyl groups excluding tert-OH is 1. The van der Waals surface area contributed by atoms with Gasteiger partial charge < -0.3 is 16.2 Å². The van der Waals surface area contributed by atoms with Gasteiger partial charge in [-0.3, -0.25) is 9.78 Å². The van der Waals surface area contributed by atoms with Crippen molar-refractivity contribution in [3.8, 4) is 11.3 Å². The number of carbonyl (C=O) groups is 1.